The Morgan fingerprint density at radius 2 is 2.00 bits per heavy atom. The van der Waals surface area contributed by atoms with Crippen LogP contribution in [0.1, 0.15) is 51.2 Å². The summed E-state index contributed by atoms with van der Waals surface area (Å²) in [7, 11) is 3.93. The summed E-state index contributed by atoms with van der Waals surface area (Å²) in [4.78, 5) is 5.12. The molecule has 0 radical (unpaired) electrons. The lowest BCUT2D eigenvalue weighted by atomic mass is 9.87. The van der Waals surface area contributed by atoms with Crippen LogP contribution in [0.4, 0.5) is 0 Å². The fourth-order valence-electron chi connectivity index (χ4n) is 4.41. The maximum Gasteiger partial charge on any atom is 0.0991 e. The average molecular weight is 367 g/mol. The topological polar surface area (TPSA) is 30.3 Å². The predicted octanol–water partition coefficient (Wildman–Crippen LogP) is 4.68. The van der Waals surface area contributed by atoms with Crippen LogP contribution in [0.15, 0.2) is 36.0 Å². The van der Waals surface area contributed by atoms with Gasteiger partial charge in [-0.05, 0) is 42.9 Å². The van der Waals surface area contributed by atoms with Gasteiger partial charge in [0.15, 0.2) is 0 Å². The molecular weight excluding hydrogens is 337 g/mol. The Morgan fingerprint density at radius 1 is 1.27 bits per heavy atom. The van der Waals surface area contributed by atoms with Crippen LogP contribution in [-0.2, 0) is 6.54 Å². The van der Waals surface area contributed by atoms with Gasteiger partial charge in [-0.15, -0.1) is 8.86 Å². The van der Waals surface area contributed by atoms with Crippen molar-refractivity contribution < 1.29 is 0 Å². The van der Waals surface area contributed by atoms with Crippen LogP contribution in [0, 0.1) is 23.2 Å². The third-order valence-electron chi connectivity index (χ3n) is 5.76. The summed E-state index contributed by atoms with van der Waals surface area (Å²) in [5.41, 5.74) is 4.90. The summed E-state index contributed by atoms with van der Waals surface area (Å²) in [6.07, 6.45) is 5.97. The second-order valence-corrected chi connectivity index (χ2v) is 8.48. The van der Waals surface area contributed by atoms with Gasteiger partial charge in [-0.2, -0.15) is 5.26 Å². The van der Waals surface area contributed by atoms with Gasteiger partial charge >= 0.3 is 0 Å². The van der Waals surface area contributed by atoms with Crippen molar-refractivity contribution in [3.8, 4) is 6.07 Å². The Hall–Kier alpha value is -1.62. The Labute approximate surface area is 160 Å². The van der Waals surface area contributed by atoms with Gasteiger partial charge in [0.1, 0.15) is 0 Å². The maximum atomic E-state index is 8.95. The van der Waals surface area contributed by atoms with Crippen molar-refractivity contribution in [3.05, 3.63) is 47.2 Å². The van der Waals surface area contributed by atoms with Crippen LogP contribution in [0.2, 0.25) is 0 Å². The first-order valence-corrected chi connectivity index (χ1v) is 10.3. The fraction of sp³-hybridized carbons (Fsp3) is 0.545. The van der Waals surface area contributed by atoms with E-state index in [9.17, 15) is 0 Å². The highest BCUT2D eigenvalue weighted by molar-refractivity contribution is 7.20. The van der Waals surface area contributed by atoms with Crippen LogP contribution >= 0.6 is 8.86 Å². The standard InChI is InChI=1S/C22H30N3P/c1-4-20(16(2)3)25-21-11-12-24(15-19(21)9-10-22(25)26)14-18-7-5-17(13-23)6-8-18/h5-8,11,16,19-20,26H,4,9-10,12,14-15H2,1-3H3/t19-,20?/m1/s1. The Bertz CT molecular complexity index is 714. The zero-order valence-electron chi connectivity index (χ0n) is 16.2. The van der Waals surface area contributed by atoms with Crippen LogP contribution < -0.4 is 0 Å². The second-order valence-electron chi connectivity index (χ2n) is 7.90. The molecule has 2 atom stereocenters. The Morgan fingerprint density at radius 3 is 2.62 bits per heavy atom. The largest absolute Gasteiger partial charge is 0.342 e. The van der Waals surface area contributed by atoms with E-state index in [4.69, 9.17) is 5.26 Å². The molecule has 0 spiro atoms. The van der Waals surface area contributed by atoms with Crippen LogP contribution in [0.25, 0.3) is 0 Å². The summed E-state index contributed by atoms with van der Waals surface area (Å²) in [5, 5.41) is 8.95. The average Bonchev–Trinajstić information content (AvgIpc) is 2.64. The van der Waals surface area contributed by atoms with E-state index in [2.05, 4.69) is 63.7 Å². The summed E-state index contributed by atoms with van der Waals surface area (Å²) < 4.78 is 0. The molecule has 1 saturated heterocycles. The summed E-state index contributed by atoms with van der Waals surface area (Å²) in [6, 6.07) is 10.8. The molecule has 138 valence electrons. The van der Waals surface area contributed by atoms with Gasteiger partial charge in [0, 0.05) is 42.7 Å². The van der Waals surface area contributed by atoms with E-state index in [-0.39, 0.29) is 0 Å². The van der Waals surface area contributed by atoms with Gasteiger partial charge in [-0.3, -0.25) is 4.90 Å². The number of benzene rings is 1. The van der Waals surface area contributed by atoms with Gasteiger partial charge < -0.3 is 4.90 Å². The monoisotopic (exact) mass is 367 g/mol. The third kappa shape index (κ3) is 4.03. The zero-order chi connectivity index (χ0) is 18.7. The molecule has 4 heteroatoms. The van der Waals surface area contributed by atoms with Gasteiger partial charge in [-0.1, -0.05) is 39.0 Å². The first kappa shape index (κ1) is 19.2. The molecular formula is C22H30N3P. The van der Waals surface area contributed by atoms with Gasteiger partial charge in [-0.25, -0.2) is 0 Å². The molecule has 2 heterocycles. The number of likely N-dealkylation sites (tertiary alicyclic amines) is 1. The van der Waals surface area contributed by atoms with E-state index in [1.54, 1.807) is 0 Å². The third-order valence-corrected chi connectivity index (χ3v) is 6.25. The highest BCUT2D eigenvalue weighted by atomic mass is 31.0. The van der Waals surface area contributed by atoms with Gasteiger partial charge in [0.25, 0.3) is 0 Å². The molecule has 0 bridgehead atoms. The van der Waals surface area contributed by atoms with Crippen molar-refractivity contribution >= 4 is 14.3 Å². The van der Waals surface area contributed by atoms with Crippen molar-refractivity contribution in [2.24, 2.45) is 11.8 Å². The normalized spacial score (nSPS) is 22.0. The molecule has 1 aromatic carbocycles. The number of hydrogen-bond acceptors (Lipinski definition) is 2. The molecule has 2 aliphatic rings. The Balaban J connectivity index is 1.74. The summed E-state index contributed by atoms with van der Waals surface area (Å²) in [5.74, 6) is 1.26. The number of rotatable bonds is 5. The molecule has 1 fully saturated rings. The number of fused-ring (bicyclic) bond motifs is 1. The van der Waals surface area contributed by atoms with E-state index in [1.165, 1.54) is 29.5 Å². The number of hydrogen-bond donors (Lipinski definition) is 0. The van der Waals surface area contributed by atoms with Crippen molar-refractivity contribution in [2.45, 2.75) is 52.6 Å². The van der Waals surface area contributed by atoms with Crippen molar-refractivity contribution in [1.29, 1.82) is 5.26 Å². The van der Waals surface area contributed by atoms with E-state index in [0.717, 1.165) is 31.6 Å². The molecule has 26 heavy (non-hydrogen) atoms. The summed E-state index contributed by atoms with van der Waals surface area (Å²) in [6.45, 7) is 10.0. The maximum absolute atomic E-state index is 8.95. The van der Waals surface area contributed by atoms with Crippen molar-refractivity contribution in [3.63, 3.8) is 0 Å². The van der Waals surface area contributed by atoms with Gasteiger partial charge in [0.05, 0.1) is 11.6 Å². The lowest BCUT2D eigenvalue weighted by Gasteiger charge is -2.47. The lowest BCUT2D eigenvalue weighted by Crippen LogP contribution is -2.50. The van der Waals surface area contributed by atoms with E-state index < -0.39 is 0 Å². The van der Waals surface area contributed by atoms with Gasteiger partial charge in [0.2, 0.25) is 0 Å². The quantitative estimate of drug-likeness (QED) is 0.708. The molecule has 2 aliphatic heterocycles. The van der Waals surface area contributed by atoms with Crippen molar-refractivity contribution in [2.75, 3.05) is 13.1 Å². The van der Waals surface area contributed by atoms with Crippen LogP contribution in [-0.4, -0.2) is 34.3 Å². The minimum Gasteiger partial charge on any atom is -0.342 e. The first-order valence-electron chi connectivity index (χ1n) is 9.81. The second kappa shape index (κ2) is 8.38. The van der Waals surface area contributed by atoms with Crippen molar-refractivity contribution in [1.82, 2.24) is 9.80 Å². The minimum absolute atomic E-state index is 0.571. The Kier molecular flexibility index (Phi) is 6.17. The molecule has 0 N–H and O–H groups in total. The number of nitriles is 1. The lowest BCUT2D eigenvalue weighted by molar-refractivity contribution is 0.177. The minimum atomic E-state index is 0.571. The van der Waals surface area contributed by atoms with E-state index in [1.807, 2.05) is 12.1 Å². The van der Waals surface area contributed by atoms with Crippen LogP contribution in [0.5, 0.6) is 0 Å². The number of nitrogens with zero attached hydrogens (tertiary/aromatic N) is 3. The van der Waals surface area contributed by atoms with Crippen LogP contribution in [0.3, 0.4) is 0 Å². The molecule has 1 unspecified atom stereocenters. The number of piperidine rings is 1. The predicted molar refractivity (Wildman–Crippen MR) is 111 cm³/mol. The smallest absolute Gasteiger partial charge is 0.0991 e. The van der Waals surface area contributed by atoms with E-state index >= 15 is 0 Å². The highest BCUT2D eigenvalue weighted by Gasteiger charge is 2.35. The zero-order valence-corrected chi connectivity index (χ0v) is 17.2. The fourth-order valence-corrected chi connectivity index (χ4v) is 4.85. The molecule has 0 aliphatic carbocycles. The first-order chi connectivity index (χ1) is 12.5. The molecule has 1 aromatic rings. The highest BCUT2D eigenvalue weighted by Crippen LogP contribution is 2.36. The molecule has 3 nitrogen and oxygen atoms in total. The summed E-state index contributed by atoms with van der Waals surface area (Å²) >= 11 is 0. The SMILES string of the molecule is CCC(C(C)C)N1C(=P)CC[C@@H]2CN(Cc3ccc(C#N)cc3)CC=C21. The van der Waals surface area contributed by atoms with E-state index in [0.29, 0.717) is 17.9 Å². The molecule has 0 amide bonds. The molecule has 3 rings (SSSR count). The molecule has 0 saturated carbocycles. The molecule has 0 aromatic heterocycles.